The molecule has 0 aliphatic heterocycles. The molecule has 4 aromatic rings. The van der Waals surface area contributed by atoms with Crippen LogP contribution in [0.1, 0.15) is 15.9 Å². The van der Waals surface area contributed by atoms with Gasteiger partial charge in [-0.3, -0.25) is 19.3 Å². The lowest BCUT2D eigenvalue weighted by Gasteiger charge is -2.07. The maximum absolute atomic E-state index is 12.9. The molecule has 2 heterocycles. The molecule has 7 heteroatoms. The third-order valence-electron chi connectivity index (χ3n) is 4.60. The zero-order valence-electron chi connectivity index (χ0n) is 16.7. The minimum atomic E-state index is -0.362. The molecule has 0 radical (unpaired) electrons. The van der Waals surface area contributed by atoms with Gasteiger partial charge < -0.3 is 10.6 Å². The third-order valence-corrected chi connectivity index (χ3v) is 4.60. The number of rotatable bonds is 7. The number of carbonyl (C=O) groups excluding carboxylic acids is 2. The number of hydrogen-bond donors (Lipinski definition) is 2. The summed E-state index contributed by atoms with van der Waals surface area (Å²) in [5.74, 6) is -0.696. The van der Waals surface area contributed by atoms with Gasteiger partial charge in [0.1, 0.15) is 5.69 Å². The molecule has 2 aromatic carbocycles. The van der Waals surface area contributed by atoms with E-state index in [9.17, 15) is 9.59 Å². The Morgan fingerprint density at radius 3 is 2.35 bits per heavy atom. The normalized spacial score (nSPS) is 10.5. The summed E-state index contributed by atoms with van der Waals surface area (Å²) in [4.78, 5) is 29.0. The van der Waals surface area contributed by atoms with Gasteiger partial charge in [-0.2, -0.15) is 5.10 Å². The van der Waals surface area contributed by atoms with Crippen LogP contribution in [0.15, 0.2) is 91.4 Å². The van der Waals surface area contributed by atoms with Crippen LogP contribution in [0, 0.1) is 0 Å². The van der Waals surface area contributed by atoms with Gasteiger partial charge >= 0.3 is 0 Å². The number of hydrogen-bond acceptors (Lipinski definition) is 4. The molecule has 2 N–H and O–H groups in total. The van der Waals surface area contributed by atoms with Crippen LogP contribution in [-0.4, -0.2) is 33.1 Å². The standard InChI is InChI=1S/C24H21N5O2/c30-22(27-20-12-7-13-25-14-20)15-26-24(31)21-17-29(16-18-8-3-1-4-9-18)28-23(21)19-10-5-2-6-11-19/h1-14,17H,15-16H2,(H,26,31)(H,27,30). The Balaban J connectivity index is 1.51. The van der Waals surface area contributed by atoms with E-state index in [4.69, 9.17) is 0 Å². The molecule has 0 fully saturated rings. The predicted molar refractivity (Wildman–Crippen MR) is 118 cm³/mol. The van der Waals surface area contributed by atoms with Crippen LogP contribution in [0.5, 0.6) is 0 Å². The molecule has 0 atom stereocenters. The highest BCUT2D eigenvalue weighted by Gasteiger charge is 2.18. The highest BCUT2D eigenvalue weighted by atomic mass is 16.2. The van der Waals surface area contributed by atoms with Crippen molar-refractivity contribution in [3.05, 3.63) is 103 Å². The van der Waals surface area contributed by atoms with Crippen LogP contribution in [0.25, 0.3) is 11.3 Å². The quantitative estimate of drug-likeness (QED) is 0.488. The molecular formula is C24H21N5O2. The summed E-state index contributed by atoms with van der Waals surface area (Å²) in [5, 5.41) is 10.0. The molecule has 0 bridgehead atoms. The lowest BCUT2D eigenvalue weighted by Crippen LogP contribution is -2.33. The zero-order chi connectivity index (χ0) is 21.5. The Labute approximate surface area is 179 Å². The van der Waals surface area contributed by atoms with Crippen molar-refractivity contribution in [2.24, 2.45) is 0 Å². The van der Waals surface area contributed by atoms with Crippen molar-refractivity contribution in [3.8, 4) is 11.3 Å². The molecule has 7 nitrogen and oxygen atoms in total. The summed E-state index contributed by atoms with van der Waals surface area (Å²) in [6, 6.07) is 22.9. The summed E-state index contributed by atoms with van der Waals surface area (Å²) < 4.78 is 1.74. The summed E-state index contributed by atoms with van der Waals surface area (Å²) in [7, 11) is 0. The fourth-order valence-electron chi connectivity index (χ4n) is 3.15. The van der Waals surface area contributed by atoms with Gasteiger partial charge in [0.15, 0.2) is 0 Å². The topological polar surface area (TPSA) is 88.9 Å². The Kier molecular flexibility index (Phi) is 6.13. The minimum Gasteiger partial charge on any atom is -0.343 e. The van der Waals surface area contributed by atoms with Crippen molar-refractivity contribution >= 4 is 17.5 Å². The average Bonchev–Trinajstić information content (AvgIpc) is 3.23. The summed E-state index contributed by atoms with van der Waals surface area (Å²) in [6.45, 7) is 0.376. The molecule has 0 saturated carbocycles. The predicted octanol–water partition coefficient (Wildman–Crippen LogP) is 3.36. The highest BCUT2D eigenvalue weighted by molar-refractivity contribution is 6.02. The summed E-state index contributed by atoms with van der Waals surface area (Å²) in [5.41, 5.74) is 3.46. The van der Waals surface area contributed by atoms with E-state index in [2.05, 4.69) is 20.7 Å². The van der Waals surface area contributed by atoms with Crippen molar-refractivity contribution in [2.45, 2.75) is 6.54 Å². The molecule has 4 rings (SSSR count). The SMILES string of the molecule is O=C(CNC(=O)c1cn(Cc2ccccc2)nc1-c1ccccc1)Nc1cccnc1. The first-order valence-electron chi connectivity index (χ1n) is 9.84. The monoisotopic (exact) mass is 411 g/mol. The van der Waals surface area contributed by atoms with E-state index >= 15 is 0 Å². The second-order valence-electron chi connectivity index (χ2n) is 6.91. The molecule has 0 aliphatic carbocycles. The van der Waals surface area contributed by atoms with Crippen LogP contribution in [0.2, 0.25) is 0 Å². The fourth-order valence-corrected chi connectivity index (χ4v) is 3.15. The van der Waals surface area contributed by atoms with E-state index in [1.165, 1.54) is 0 Å². The number of benzene rings is 2. The number of amides is 2. The number of anilines is 1. The van der Waals surface area contributed by atoms with Crippen LogP contribution in [-0.2, 0) is 11.3 Å². The fraction of sp³-hybridized carbons (Fsp3) is 0.0833. The first-order valence-corrected chi connectivity index (χ1v) is 9.84. The first kappa shape index (κ1) is 20.0. The van der Waals surface area contributed by atoms with Crippen LogP contribution in [0.3, 0.4) is 0 Å². The largest absolute Gasteiger partial charge is 0.343 e. The molecule has 2 amide bonds. The average molecular weight is 411 g/mol. The lowest BCUT2D eigenvalue weighted by molar-refractivity contribution is -0.115. The number of nitrogens with one attached hydrogen (secondary N) is 2. The van der Waals surface area contributed by atoms with Crippen LogP contribution >= 0.6 is 0 Å². The van der Waals surface area contributed by atoms with Gasteiger partial charge in [0.05, 0.1) is 30.5 Å². The van der Waals surface area contributed by atoms with Gasteiger partial charge in [-0.25, -0.2) is 0 Å². The maximum Gasteiger partial charge on any atom is 0.255 e. The molecule has 0 unspecified atom stereocenters. The smallest absolute Gasteiger partial charge is 0.255 e. The van der Waals surface area contributed by atoms with E-state index in [0.29, 0.717) is 23.5 Å². The Hall–Kier alpha value is -4.26. The first-order chi connectivity index (χ1) is 15.2. The second kappa shape index (κ2) is 9.49. The zero-order valence-corrected chi connectivity index (χ0v) is 16.7. The number of carbonyl (C=O) groups is 2. The van der Waals surface area contributed by atoms with E-state index in [-0.39, 0.29) is 18.4 Å². The van der Waals surface area contributed by atoms with E-state index < -0.39 is 0 Å². The highest BCUT2D eigenvalue weighted by Crippen LogP contribution is 2.22. The number of nitrogens with zero attached hydrogens (tertiary/aromatic N) is 3. The number of aromatic nitrogens is 3. The Morgan fingerprint density at radius 2 is 1.65 bits per heavy atom. The van der Waals surface area contributed by atoms with Gasteiger partial charge in [-0.1, -0.05) is 60.7 Å². The van der Waals surface area contributed by atoms with Gasteiger partial charge in [0.25, 0.3) is 5.91 Å². The summed E-state index contributed by atoms with van der Waals surface area (Å²) >= 11 is 0. The molecular weight excluding hydrogens is 390 g/mol. The van der Waals surface area contributed by atoms with Gasteiger partial charge in [0.2, 0.25) is 5.91 Å². The lowest BCUT2D eigenvalue weighted by atomic mass is 10.1. The van der Waals surface area contributed by atoms with Crippen LogP contribution < -0.4 is 10.6 Å². The van der Waals surface area contributed by atoms with Gasteiger partial charge in [-0.15, -0.1) is 0 Å². The second-order valence-corrected chi connectivity index (χ2v) is 6.91. The number of pyridine rings is 1. The molecule has 154 valence electrons. The molecule has 0 aliphatic rings. The van der Waals surface area contributed by atoms with Crippen molar-refractivity contribution < 1.29 is 9.59 Å². The van der Waals surface area contributed by atoms with E-state index in [0.717, 1.165) is 11.1 Å². The van der Waals surface area contributed by atoms with Gasteiger partial charge in [-0.05, 0) is 17.7 Å². The van der Waals surface area contributed by atoms with E-state index in [1.807, 2.05) is 60.7 Å². The van der Waals surface area contributed by atoms with Crippen molar-refractivity contribution in [1.82, 2.24) is 20.1 Å². The van der Waals surface area contributed by atoms with Crippen LogP contribution in [0.4, 0.5) is 5.69 Å². The Morgan fingerprint density at radius 1 is 0.903 bits per heavy atom. The molecule has 31 heavy (non-hydrogen) atoms. The van der Waals surface area contributed by atoms with Gasteiger partial charge in [0, 0.05) is 18.0 Å². The molecule has 0 saturated heterocycles. The maximum atomic E-state index is 12.9. The van der Waals surface area contributed by atoms with Crippen molar-refractivity contribution in [1.29, 1.82) is 0 Å². The van der Waals surface area contributed by atoms with Crippen molar-refractivity contribution in [2.75, 3.05) is 11.9 Å². The summed E-state index contributed by atoms with van der Waals surface area (Å²) in [6.07, 6.45) is 4.88. The molecule has 2 aromatic heterocycles. The van der Waals surface area contributed by atoms with E-state index in [1.54, 1.807) is 35.4 Å². The third kappa shape index (κ3) is 5.22. The molecule has 0 spiro atoms. The minimum absolute atomic E-state index is 0.161. The van der Waals surface area contributed by atoms with Crippen molar-refractivity contribution in [3.63, 3.8) is 0 Å². The Bertz CT molecular complexity index is 1160.